The van der Waals surface area contributed by atoms with Gasteiger partial charge >= 0.3 is 0 Å². The van der Waals surface area contributed by atoms with Crippen molar-refractivity contribution in [2.75, 3.05) is 36.4 Å². The second-order valence-corrected chi connectivity index (χ2v) is 6.53. The Balaban J connectivity index is 1.54. The Kier molecular flexibility index (Phi) is 5.61. The molecule has 1 amide bonds. The van der Waals surface area contributed by atoms with Crippen molar-refractivity contribution in [3.63, 3.8) is 0 Å². The molecule has 5 heteroatoms. The molecule has 3 rings (SSSR count). The lowest BCUT2D eigenvalue weighted by Crippen LogP contribution is -2.45. The number of hydrogen-bond acceptors (Lipinski definition) is 3. The van der Waals surface area contributed by atoms with E-state index in [2.05, 4.69) is 15.1 Å². The highest BCUT2D eigenvalue weighted by Crippen LogP contribution is 2.20. The van der Waals surface area contributed by atoms with E-state index in [-0.39, 0.29) is 5.91 Å². The van der Waals surface area contributed by atoms with Gasteiger partial charge in [-0.05, 0) is 43.3 Å². The van der Waals surface area contributed by atoms with Crippen molar-refractivity contribution in [2.24, 2.45) is 0 Å². The van der Waals surface area contributed by atoms with Crippen LogP contribution in [0.25, 0.3) is 0 Å². The molecule has 0 unspecified atom stereocenters. The van der Waals surface area contributed by atoms with E-state index in [1.54, 1.807) is 6.08 Å². The van der Waals surface area contributed by atoms with Crippen LogP contribution in [-0.4, -0.2) is 37.0 Å². The number of nitrogens with one attached hydrogen (secondary N) is 1. The zero-order valence-corrected chi connectivity index (χ0v) is 15.0. The van der Waals surface area contributed by atoms with E-state index in [0.717, 1.165) is 42.6 Å². The molecule has 1 aliphatic heterocycles. The highest BCUT2D eigenvalue weighted by Gasteiger charge is 2.17. The van der Waals surface area contributed by atoms with Crippen LogP contribution in [0.1, 0.15) is 6.92 Å². The molecular weight excluding hydrogens is 334 g/mol. The molecule has 0 aromatic heterocycles. The number of rotatable bonds is 4. The Morgan fingerprint density at radius 1 is 1.00 bits per heavy atom. The average molecular weight is 356 g/mol. The molecular formula is C20H22ClN3O. The molecule has 4 nitrogen and oxygen atoms in total. The minimum absolute atomic E-state index is 0.0937. The van der Waals surface area contributed by atoms with Crippen molar-refractivity contribution < 1.29 is 4.79 Å². The van der Waals surface area contributed by atoms with E-state index in [1.165, 1.54) is 5.69 Å². The second-order valence-electron chi connectivity index (χ2n) is 6.09. The van der Waals surface area contributed by atoms with Gasteiger partial charge in [0.1, 0.15) is 0 Å². The summed E-state index contributed by atoms with van der Waals surface area (Å²) >= 11 is 5.95. The Morgan fingerprint density at radius 2 is 1.64 bits per heavy atom. The highest BCUT2D eigenvalue weighted by molar-refractivity contribution is 6.30. The number of amides is 1. The van der Waals surface area contributed by atoms with Crippen LogP contribution in [0.2, 0.25) is 5.02 Å². The standard InChI is InChI=1S/C20H22ClN3O/c1-16(15-20(25)22-18-5-3-2-4-6-18)23-11-13-24(14-12-23)19-9-7-17(21)8-10-19/h2-10,15H,11-14H2,1H3,(H,22,25). The molecule has 1 saturated heterocycles. The van der Waals surface area contributed by atoms with Crippen LogP contribution >= 0.6 is 11.6 Å². The average Bonchev–Trinajstić information content (AvgIpc) is 2.63. The van der Waals surface area contributed by atoms with Crippen molar-refractivity contribution in [1.82, 2.24) is 4.90 Å². The number of hydrogen-bond donors (Lipinski definition) is 1. The second kappa shape index (κ2) is 8.08. The number of piperazine rings is 1. The van der Waals surface area contributed by atoms with Gasteiger partial charge in [0.15, 0.2) is 0 Å². The predicted molar refractivity (Wildman–Crippen MR) is 104 cm³/mol. The first-order valence-corrected chi connectivity index (χ1v) is 8.79. The molecule has 0 atom stereocenters. The van der Waals surface area contributed by atoms with Crippen LogP contribution < -0.4 is 10.2 Å². The normalized spacial score (nSPS) is 15.2. The van der Waals surface area contributed by atoms with Gasteiger partial charge in [-0.25, -0.2) is 0 Å². The Hall–Kier alpha value is -2.46. The smallest absolute Gasteiger partial charge is 0.250 e. The lowest BCUT2D eigenvalue weighted by Gasteiger charge is -2.37. The van der Waals surface area contributed by atoms with E-state index < -0.39 is 0 Å². The monoisotopic (exact) mass is 355 g/mol. The van der Waals surface area contributed by atoms with E-state index in [1.807, 2.05) is 61.5 Å². The van der Waals surface area contributed by atoms with Gasteiger partial charge in [0.2, 0.25) is 5.91 Å². The summed E-state index contributed by atoms with van der Waals surface area (Å²) in [4.78, 5) is 16.7. The Labute approximate surface area is 153 Å². The highest BCUT2D eigenvalue weighted by atomic mass is 35.5. The molecule has 1 heterocycles. The number of halogens is 1. The maximum atomic E-state index is 12.1. The SMILES string of the molecule is CC(=CC(=O)Nc1ccccc1)N1CCN(c2ccc(Cl)cc2)CC1. The zero-order valence-electron chi connectivity index (χ0n) is 14.3. The molecule has 1 aliphatic rings. The van der Waals surface area contributed by atoms with Crippen molar-refractivity contribution in [3.05, 3.63) is 71.4 Å². The lowest BCUT2D eigenvalue weighted by molar-refractivity contribution is -0.112. The molecule has 0 aliphatic carbocycles. The third kappa shape index (κ3) is 4.77. The summed E-state index contributed by atoms with van der Waals surface area (Å²) in [5, 5.41) is 3.64. The van der Waals surface area contributed by atoms with E-state index in [0.29, 0.717) is 0 Å². The zero-order chi connectivity index (χ0) is 17.6. The third-order valence-corrected chi connectivity index (χ3v) is 4.60. The summed E-state index contributed by atoms with van der Waals surface area (Å²) in [5.41, 5.74) is 2.99. The molecule has 2 aromatic carbocycles. The first kappa shape index (κ1) is 17.4. The quantitative estimate of drug-likeness (QED) is 0.842. The lowest BCUT2D eigenvalue weighted by atomic mass is 10.2. The van der Waals surface area contributed by atoms with Crippen LogP contribution in [0.5, 0.6) is 0 Å². The number of anilines is 2. The molecule has 0 radical (unpaired) electrons. The van der Waals surface area contributed by atoms with Crippen LogP contribution in [-0.2, 0) is 4.79 Å². The van der Waals surface area contributed by atoms with Crippen molar-refractivity contribution in [3.8, 4) is 0 Å². The van der Waals surface area contributed by atoms with Gasteiger partial charge in [0.05, 0.1) is 0 Å². The largest absolute Gasteiger partial charge is 0.371 e. The van der Waals surface area contributed by atoms with Gasteiger partial charge in [0, 0.05) is 54.3 Å². The number of nitrogens with zero attached hydrogens (tertiary/aromatic N) is 2. The van der Waals surface area contributed by atoms with Crippen molar-refractivity contribution in [1.29, 1.82) is 0 Å². The predicted octanol–water partition coefficient (Wildman–Crippen LogP) is 4.00. The summed E-state index contributed by atoms with van der Waals surface area (Å²) < 4.78 is 0. The van der Waals surface area contributed by atoms with Gasteiger partial charge < -0.3 is 15.1 Å². The fourth-order valence-corrected chi connectivity index (χ4v) is 3.08. The van der Waals surface area contributed by atoms with Gasteiger partial charge in [-0.1, -0.05) is 29.8 Å². The molecule has 0 spiro atoms. The number of allylic oxidation sites excluding steroid dienone is 1. The summed E-state index contributed by atoms with van der Waals surface area (Å²) in [5.74, 6) is -0.0937. The Bertz CT molecular complexity index is 735. The first-order valence-electron chi connectivity index (χ1n) is 8.41. The molecule has 0 saturated carbocycles. The Morgan fingerprint density at radius 3 is 2.28 bits per heavy atom. The fourth-order valence-electron chi connectivity index (χ4n) is 2.95. The maximum Gasteiger partial charge on any atom is 0.250 e. The molecule has 1 fully saturated rings. The summed E-state index contributed by atoms with van der Waals surface area (Å²) in [6, 6.07) is 17.4. The summed E-state index contributed by atoms with van der Waals surface area (Å²) in [7, 11) is 0. The van der Waals surface area contributed by atoms with Crippen molar-refractivity contribution >= 4 is 28.9 Å². The minimum atomic E-state index is -0.0937. The molecule has 0 bridgehead atoms. The third-order valence-electron chi connectivity index (χ3n) is 4.35. The van der Waals surface area contributed by atoms with Crippen LogP contribution in [0.15, 0.2) is 66.4 Å². The molecule has 25 heavy (non-hydrogen) atoms. The van der Waals surface area contributed by atoms with Crippen molar-refractivity contribution in [2.45, 2.75) is 6.92 Å². The number of carbonyl (C=O) groups excluding carboxylic acids is 1. The summed E-state index contributed by atoms with van der Waals surface area (Å²) in [6.07, 6.45) is 1.67. The molecule has 1 N–H and O–H groups in total. The molecule has 130 valence electrons. The van der Waals surface area contributed by atoms with Crippen LogP contribution in [0.3, 0.4) is 0 Å². The minimum Gasteiger partial charge on any atom is -0.371 e. The number of carbonyl (C=O) groups is 1. The van der Waals surface area contributed by atoms with Crippen LogP contribution in [0.4, 0.5) is 11.4 Å². The first-order chi connectivity index (χ1) is 12.1. The summed E-state index contributed by atoms with van der Waals surface area (Å²) in [6.45, 7) is 5.62. The van der Waals surface area contributed by atoms with E-state index in [9.17, 15) is 4.79 Å². The van der Waals surface area contributed by atoms with E-state index >= 15 is 0 Å². The van der Waals surface area contributed by atoms with E-state index in [4.69, 9.17) is 11.6 Å². The van der Waals surface area contributed by atoms with Gasteiger partial charge in [-0.15, -0.1) is 0 Å². The maximum absolute atomic E-state index is 12.1. The van der Waals surface area contributed by atoms with Crippen LogP contribution in [0, 0.1) is 0 Å². The van der Waals surface area contributed by atoms with Gasteiger partial charge in [-0.3, -0.25) is 4.79 Å². The fraction of sp³-hybridized carbons (Fsp3) is 0.250. The van der Waals surface area contributed by atoms with Gasteiger partial charge in [0.25, 0.3) is 0 Å². The van der Waals surface area contributed by atoms with Gasteiger partial charge in [-0.2, -0.15) is 0 Å². The topological polar surface area (TPSA) is 35.6 Å². The molecule has 2 aromatic rings. The number of benzene rings is 2. The number of para-hydroxylation sites is 1.